The number of hydrogen-bond acceptors (Lipinski definition) is 3. The Morgan fingerprint density at radius 2 is 1.26 bits per heavy atom. The van der Waals surface area contributed by atoms with Crippen molar-refractivity contribution < 1.29 is 4.74 Å². The molecule has 0 spiro atoms. The minimum Gasteiger partial charge on any atom is -0.497 e. The van der Waals surface area contributed by atoms with E-state index in [1.54, 1.807) is 7.11 Å². The van der Waals surface area contributed by atoms with E-state index in [2.05, 4.69) is 103 Å². The van der Waals surface area contributed by atoms with Gasteiger partial charge in [0.2, 0.25) is 0 Å². The molecule has 0 aliphatic heterocycles. The molecule has 0 atom stereocenters. The Morgan fingerprint density at radius 1 is 0.714 bits per heavy atom. The summed E-state index contributed by atoms with van der Waals surface area (Å²) in [5, 5.41) is 0. The summed E-state index contributed by atoms with van der Waals surface area (Å²) >= 11 is 7.13. The number of benzene rings is 4. The number of aliphatic imine (C=N–C) groups is 1. The van der Waals surface area contributed by atoms with Crippen molar-refractivity contribution in [2.24, 2.45) is 4.99 Å². The average molecular weight is 590 g/mol. The van der Waals surface area contributed by atoms with Crippen LogP contribution in [0.5, 0.6) is 5.75 Å². The number of methoxy groups -OCH3 is 1. The maximum atomic E-state index is 5.33. The number of allylic oxidation sites excluding steroid dienone is 1. The number of halogens is 2. The number of rotatable bonds is 7. The van der Waals surface area contributed by atoms with Crippen molar-refractivity contribution in [2.75, 3.05) is 26.1 Å². The molecule has 35 heavy (non-hydrogen) atoms. The Balaban J connectivity index is 1.91. The monoisotopic (exact) mass is 588 g/mol. The summed E-state index contributed by atoms with van der Waals surface area (Å²) in [5.41, 5.74) is 7.16. The summed E-state index contributed by atoms with van der Waals surface area (Å²) in [6, 6.07) is 33.0. The summed E-state index contributed by atoms with van der Waals surface area (Å²) in [7, 11) is 5.76. The van der Waals surface area contributed by atoms with Crippen molar-refractivity contribution in [1.82, 2.24) is 0 Å². The third kappa shape index (κ3) is 6.50. The lowest BCUT2D eigenvalue weighted by Crippen LogP contribution is -2.08. The molecule has 176 valence electrons. The van der Waals surface area contributed by atoms with Gasteiger partial charge < -0.3 is 9.64 Å². The first kappa shape index (κ1) is 25.0. The summed E-state index contributed by atoms with van der Waals surface area (Å²) in [6.07, 6.45) is 2.20. The molecule has 0 amide bonds. The maximum absolute atomic E-state index is 5.33. The van der Waals surface area contributed by atoms with Crippen LogP contribution in [0.4, 0.5) is 11.4 Å². The minimum atomic E-state index is 0.804. The highest BCUT2D eigenvalue weighted by molar-refractivity contribution is 9.10. The maximum Gasteiger partial charge on any atom is 0.119 e. The quantitative estimate of drug-likeness (QED) is 0.159. The summed E-state index contributed by atoms with van der Waals surface area (Å²) in [6.45, 7) is 0. The SMILES string of the molecule is COc1ccc(N=C(/C(=C/c2ccc(N(C)C)cc2)c2ccc(Br)cc2)c2ccc(Br)cc2)cc1. The molecule has 0 saturated carbocycles. The highest BCUT2D eigenvalue weighted by Crippen LogP contribution is 2.29. The zero-order chi connectivity index (χ0) is 24.8. The second kappa shape index (κ2) is 11.5. The van der Waals surface area contributed by atoms with Crippen LogP contribution in [0.15, 0.2) is 111 Å². The van der Waals surface area contributed by atoms with Gasteiger partial charge in [-0.25, -0.2) is 4.99 Å². The zero-order valence-corrected chi connectivity index (χ0v) is 23.0. The smallest absolute Gasteiger partial charge is 0.119 e. The van der Waals surface area contributed by atoms with E-state index in [0.717, 1.165) is 54.0 Å². The predicted molar refractivity (Wildman–Crippen MR) is 156 cm³/mol. The molecule has 5 heteroatoms. The fourth-order valence-electron chi connectivity index (χ4n) is 3.63. The minimum absolute atomic E-state index is 0.804. The molecule has 0 aliphatic rings. The molecule has 0 saturated heterocycles. The van der Waals surface area contributed by atoms with Gasteiger partial charge in [0.15, 0.2) is 0 Å². The van der Waals surface area contributed by atoms with Crippen molar-refractivity contribution in [3.05, 3.63) is 123 Å². The topological polar surface area (TPSA) is 24.8 Å². The zero-order valence-electron chi connectivity index (χ0n) is 19.9. The van der Waals surface area contributed by atoms with Crippen LogP contribution in [0.3, 0.4) is 0 Å². The second-order valence-corrected chi connectivity index (χ2v) is 10.0. The molecule has 0 aliphatic carbocycles. The molecule has 4 aromatic carbocycles. The number of ether oxygens (including phenoxy) is 1. The largest absolute Gasteiger partial charge is 0.497 e. The molecule has 0 N–H and O–H groups in total. The fraction of sp³-hybridized carbons (Fsp3) is 0.100. The number of hydrogen-bond donors (Lipinski definition) is 0. The Bertz CT molecular complexity index is 1320. The Kier molecular flexibility index (Phi) is 8.21. The first-order valence-electron chi connectivity index (χ1n) is 11.2. The van der Waals surface area contributed by atoms with E-state index in [1.165, 1.54) is 0 Å². The van der Waals surface area contributed by atoms with Crippen molar-refractivity contribution in [2.45, 2.75) is 0 Å². The number of anilines is 1. The standard InChI is InChI=1S/C30H26Br2N2O/c1-34(2)27-16-4-21(5-17-27)20-29(22-6-10-24(31)11-7-22)30(23-8-12-25(32)13-9-23)33-26-14-18-28(35-3)19-15-26/h4-20H,1-3H3/b29-20+,33-30?. The third-order valence-corrected chi connectivity index (χ3v) is 6.62. The first-order chi connectivity index (χ1) is 16.9. The molecule has 0 heterocycles. The Morgan fingerprint density at radius 3 is 1.77 bits per heavy atom. The van der Waals surface area contributed by atoms with Gasteiger partial charge in [0.1, 0.15) is 5.75 Å². The Labute approximate surface area is 224 Å². The van der Waals surface area contributed by atoms with Crippen LogP contribution in [0.25, 0.3) is 11.6 Å². The molecule has 0 aromatic heterocycles. The molecule has 4 aromatic rings. The Hall–Kier alpha value is -3.15. The van der Waals surface area contributed by atoms with E-state index < -0.39 is 0 Å². The number of nitrogens with zero attached hydrogens (tertiary/aromatic N) is 2. The summed E-state index contributed by atoms with van der Waals surface area (Å²) in [5.74, 6) is 0.804. The van der Waals surface area contributed by atoms with Crippen LogP contribution in [0.2, 0.25) is 0 Å². The van der Waals surface area contributed by atoms with E-state index >= 15 is 0 Å². The molecule has 0 unspecified atom stereocenters. The van der Waals surface area contributed by atoms with Gasteiger partial charge in [0.05, 0.1) is 18.5 Å². The van der Waals surface area contributed by atoms with Crippen LogP contribution in [0, 0.1) is 0 Å². The molecule has 0 bridgehead atoms. The van der Waals surface area contributed by atoms with Crippen molar-refractivity contribution in [3.63, 3.8) is 0 Å². The van der Waals surface area contributed by atoms with Gasteiger partial charge in [0, 0.05) is 39.9 Å². The van der Waals surface area contributed by atoms with E-state index in [4.69, 9.17) is 9.73 Å². The normalized spacial score (nSPS) is 11.9. The van der Waals surface area contributed by atoms with Crippen LogP contribution >= 0.6 is 31.9 Å². The van der Waals surface area contributed by atoms with Gasteiger partial charge in [-0.1, -0.05) is 68.3 Å². The summed E-state index contributed by atoms with van der Waals surface area (Å²) < 4.78 is 7.39. The van der Waals surface area contributed by atoms with Gasteiger partial charge >= 0.3 is 0 Å². The average Bonchev–Trinajstić information content (AvgIpc) is 2.88. The molecular weight excluding hydrogens is 564 g/mol. The van der Waals surface area contributed by atoms with Gasteiger partial charge in [0.25, 0.3) is 0 Å². The molecule has 0 radical (unpaired) electrons. The molecule has 3 nitrogen and oxygen atoms in total. The lowest BCUT2D eigenvalue weighted by Gasteiger charge is -2.15. The van der Waals surface area contributed by atoms with E-state index in [1.807, 2.05) is 50.5 Å². The van der Waals surface area contributed by atoms with Crippen LogP contribution in [-0.2, 0) is 0 Å². The van der Waals surface area contributed by atoms with Gasteiger partial charge in [-0.15, -0.1) is 0 Å². The van der Waals surface area contributed by atoms with Gasteiger partial charge in [-0.2, -0.15) is 0 Å². The molecule has 0 fully saturated rings. The fourth-order valence-corrected chi connectivity index (χ4v) is 4.16. The van der Waals surface area contributed by atoms with Gasteiger partial charge in [-0.3, -0.25) is 0 Å². The predicted octanol–water partition coefficient (Wildman–Crippen LogP) is 8.65. The summed E-state index contributed by atoms with van der Waals surface area (Å²) in [4.78, 5) is 7.23. The van der Waals surface area contributed by atoms with Crippen molar-refractivity contribution in [1.29, 1.82) is 0 Å². The van der Waals surface area contributed by atoms with Crippen molar-refractivity contribution >= 4 is 60.6 Å². The van der Waals surface area contributed by atoms with Crippen LogP contribution < -0.4 is 9.64 Å². The lowest BCUT2D eigenvalue weighted by atomic mass is 9.93. The highest BCUT2D eigenvalue weighted by atomic mass is 79.9. The lowest BCUT2D eigenvalue weighted by molar-refractivity contribution is 0.415. The molecular formula is C30H26Br2N2O. The van der Waals surface area contributed by atoms with Crippen LogP contribution in [0.1, 0.15) is 16.7 Å². The van der Waals surface area contributed by atoms with E-state index in [-0.39, 0.29) is 0 Å². The van der Waals surface area contributed by atoms with E-state index in [9.17, 15) is 0 Å². The van der Waals surface area contributed by atoms with Crippen molar-refractivity contribution in [3.8, 4) is 5.75 Å². The first-order valence-corrected chi connectivity index (χ1v) is 12.8. The second-order valence-electron chi connectivity index (χ2n) is 8.22. The van der Waals surface area contributed by atoms with E-state index in [0.29, 0.717) is 0 Å². The molecule has 4 rings (SSSR count). The third-order valence-electron chi connectivity index (χ3n) is 5.56. The van der Waals surface area contributed by atoms with Gasteiger partial charge in [-0.05, 0) is 77.9 Å². The van der Waals surface area contributed by atoms with Crippen LogP contribution in [-0.4, -0.2) is 26.9 Å². The highest BCUT2D eigenvalue weighted by Gasteiger charge is 2.14.